The molecule has 1 heterocycles. The van der Waals surface area contributed by atoms with Crippen LogP contribution in [0.4, 0.5) is 0 Å². The van der Waals surface area contributed by atoms with Crippen molar-refractivity contribution >= 4 is 0 Å². The van der Waals surface area contributed by atoms with Crippen LogP contribution in [-0.2, 0) is 18.0 Å². The lowest BCUT2D eigenvalue weighted by Gasteiger charge is -2.10. The molecule has 1 atom stereocenters. The predicted octanol–water partition coefficient (Wildman–Crippen LogP) is 1.05. The molecule has 0 bridgehead atoms. The number of hydrogen-bond donors (Lipinski definition) is 2. The predicted molar refractivity (Wildman–Crippen MR) is 51.7 cm³/mol. The highest BCUT2D eigenvalue weighted by molar-refractivity contribution is 5.40. The summed E-state index contributed by atoms with van der Waals surface area (Å²) in [5, 5.41) is 18.2. The number of aliphatic hydroxyl groups is 2. The molecule has 14 heavy (non-hydrogen) atoms. The van der Waals surface area contributed by atoms with Crippen molar-refractivity contribution in [2.75, 3.05) is 6.61 Å². The third-order valence-corrected chi connectivity index (χ3v) is 2.65. The third-order valence-electron chi connectivity index (χ3n) is 2.65. The van der Waals surface area contributed by atoms with E-state index in [1.54, 1.807) is 0 Å². The van der Waals surface area contributed by atoms with Gasteiger partial charge in [-0.2, -0.15) is 0 Å². The van der Waals surface area contributed by atoms with Crippen LogP contribution in [0.25, 0.3) is 0 Å². The summed E-state index contributed by atoms with van der Waals surface area (Å²) in [6.07, 6.45) is 0.173. The lowest BCUT2D eigenvalue weighted by atomic mass is 9.97. The van der Waals surface area contributed by atoms with Crippen molar-refractivity contribution in [1.82, 2.24) is 0 Å². The van der Waals surface area contributed by atoms with Gasteiger partial charge in [-0.25, -0.2) is 0 Å². The summed E-state index contributed by atoms with van der Waals surface area (Å²) < 4.78 is 5.21. The zero-order chi connectivity index (χ0) is 10.1. The van der Waals surface area contributed by atoms with Gasteiger partial charge in [0.1, 0.15) is 6.10 Å². The van der Waals surface area contributed by atoms with Gasteiger partial charge in [0.25, 0.3) is 0 Å². The van der Waals surface area contributed by atoms with Crippen molar-refractivity contribution in [2.45, 2.75) is 26.2 Å². The lowest BCUT2D eigenvalue weighted by molar-refractivity contribution is 0.274. The van der Waals surface area contributed by atoms with Crippen LogP contribution in [0.15, 0.2) is 12.1 Å². The van der Waals surface area contributed by atoms with E-state index in [-0.39, 0.29) is 19.3 Å². The summed E-state index contributed by atoms with van der Waals surface area (Å²) in [5.74, 6) is 0. The Labute approximate surface area is 83.0 Å². The minimum absolute atomic E-state index is 0.00694. The first-order valence-electron chi connectivity index (χ1n) is 4.72. The van der Waals surface area contributed by atoms with Crippen LogP contribution in [0.2, 0.25) is 0 Å². The zero-order valence-corrected chi connectivity index (χ0v) is 8.16. The fourth-order valence-electron chi connectivity index (χ4n) is 1.68. The number of benzene rings is 1. The van der Waals surface area contributed by atoms with E-state index >= 15 is 0 Å². The topological polar surface area (TPSA) is 53.0 Å². The molecule has 1 aliphatic heterocycles. The Hall–Kier alpha value is -0.900. The third kappa shape index (κ3) is 1.66. The van der Waals surface area contributed by atoms with Gasteiger partial charge >= 0.3 is 0 Å². The molecule has 3 nitrogen and oxygen atoms in total. The maximum Gasteiger partial charge on any atom is 0.106 e. The second kappa shape index (κ2) is 3.69. The normalized spacial score (nSPS) is 19.8. The summed E-state index contributed by atoms with van der Waals surface area (Å²) in [5.41, 5.74) is 3.89. The van der Waals surface area contributed by atoms with Crippen molar-refractivity contribution in [3.63, 3.8) is 0 Å². The van der Waals surface area contributed by atoms with E-state index in [2.05, 4.69) is 0 Å². The smallest absolute Gasteiger partial charge is 0.106 e. The van der Waals surface area contributed by atoms with Gasteiger partial charge in [0.05, 0.1) is 19.8 Å². The van der Waals surface area contributed by atoms with Gasteiger partial charge in [-0.3, -0.25) is 0 Å². The maximum absolute atomic E-state index is 9.14. The largest absolute Gasteiger partial charge is 0.392 e. The molecule has 0 aliphatic carbocycles. The molecule has 76 valence electrons. The molecule has 0 aromatic heterocycles. The minimum atomic E-state index is 0.00694. The van der Waals surface area contributed by atoms with E-state index < -0.39 is 0 Å². The lowest BCUT2D eigenvalue weighted by Crippen LogP contribution is -1.98. The summed E-state index contributed by atoms with van der Waals surface area (Å²) in [6, 6.07) is 3.79. The Kier molecular flexibility index (Phi) is 2.54. The number of aliphatic hydroxyl groups excluding tert-OH is 2. The first kappa shape index (κ1) is 9.65. The van der Waals surface area contributed by atoms with Crippen molar-refractivity contribution in [3.8, 4) is 0 Å². The van der Waals surface area contributed by atoms with Crippen LogP contribution in [0.5, 0.6) is 0 Å². The molecular weight excluding hydrogens is 180 g/mol. The van der Waals surface area contributed by atoms with Gasteiger partial charge in [0.15, 0.2) is 0 Å². The monoisotopic (exact) mass is 194 g/mol. The number of ether oxygens (including phenoxy) is 1. The fraction of sp³-hybridized carbons (Fsp3) is 0.455. The second-order valence-electron chi connectivity index (χ2n) is 3.61. The summed E-state index contributed by atoms with van der Waals surface area (Å²) in [6.45, 7) is 2.75. The van der Waals surface area contributed by atoms with Gasteiger partial charge in [-0.05, 0) is 29.2 Å². The Morgan fingerprint density at radius 3 is 2.57 bits per heavy atom. The van der Waals surface area contributed by atoms with Crippen molar-refractivity contribution in [1.29, 1.82) is 0 Å². The molecule has 1 aromatic carbocycles. The van der Waals surface area contributed by atoms with Crippen LogP contribution in [0.3, 0.4) is 0 Å². The summed E-state index contributed by atoms with van der Waals surface area (Å²) >= 11 is 0. The van der Waals surface area contributed by atoms with Gasteiger partial charge in [0.2, 0.25) is 0 Å². The van der Waals surface area contributed by atoms with E-state index in [0.717, 1.165) is 28.9 Å². The molecule has 3 heteroatoms. The van der Waals surface area contributed by atoms with Crippen LogP contribution >= 0.6 is 0 Å². The van der Waals surface area contributed by atoms with E-state index in [4.69, 9.17) is 14.9 Å². The second-order valence-corrected chi connectivity index (χ2v) is 3.61. The fourth-order valence-corrected chi connectivity index (χ4v) is 1.68. The highest BCUT2D eigenvalue weighted by Crippen LogP contribution is 2.34. The molecule has 1 aliphatic rings. The number of epoxide rings is 1. The quantitative estimate of drug-likeness (QED) is 0.707. The van der Waals surface area contributed by atoms with Gasteiger partial charge in [-0.1, -0.05) is 12.1 Å². The van der Waals surface area contributed by atoms with Crippen molar-refractivity contribution in [2.24, 2.45) is 0 Å². The van der Waals surface area contributed by atoms with E-state index in [1.807, 2.05) is 19.1 Å². The maximum atomic E-state index is 9.14. The molecule has 0 spiro atoms. The average molecular weight is 194 g/mol. The molecule has 1 fully saturated rings. The van der Waals surface area contributed by atoms with Gasteiger partial charge in [0, 0.05) is 0 Å². The molecule has 2 rings (SSSR count). The minimum Gasteiger partial charge on any atom is -0.392 e. The molecular formula is C11H14O3. The molecule has 0 amide bonds. The van der Waals surface area contributed by atoms with E-state index in [0.29, 0.717) is 0 Å². The van der Waals surface area contributed by atoms with Crippen molar-refractivity contribution < 1.29 is 14.9 Å². The average Bonchev–Trinajstić information content (AvgIpc) is 3.02. The summed E-state index contributed by atoms with van der Waals surface area (Å²) in [7, 11) is 0. The Morgan fingerprint density at radius 2 is 2.07 bits per heavy atom. The highest BCUT2D eigenvalue weighted by atomic mass is 16.6. The zero-order valence-electron chi connectivity index (χ0n) is 8.16. The van der Waals surface area contributed by atoms with E-state index in [9.17, 15) is 0 Å². The molecule has 1 unspecified atom stereocenters. The molecule has 0 saturated carbocycles. The highest BCUT2D eigenvalue weighted by Gasteiger charge is 2.27. The van der Waals surface area contributed by atoms with Crippen LogP contribution in [0, 0.1) is 6.92 Å². The molecule has 0 radical (unpaired) electrons. The number of rotatable bonds is 3. The summed E-state index contributed by atoms with van der Waals surface area (Å²) in [4.78, 5) is 0. The SMILES string of the molecule is Cc1c(CO)cc(CO)cc1C1CO1. The molecule has 1 aromatic rings. The van der Waals surface area contributed by atoms with Crippen molar-refractivity contribution in [3.05, 3.63) is 34.4 Å². The van der Waals surface area contributed by atoms with Gasteiger partial charge < -0.3 is 14.9 Å². The van der Waals surface area contributed by atoms with E-state index in [1.165, 1.54) is 0 Å². The molecule has 1 saturated heterocycles. The van der Waals surface area contributed by atoms with Crippen LogP contribution in [-0.4, -0.2) is 16.8 Å². The standard InChI is InChI=1S/C11H14O3/c1-7-9(5-13)2-8(4-12)3-10(7)11-6-14-11/h2-3,11-13H,4-6H2,1H3. The number of hydrogen-bond acceptors (Lipinski definition) is 3. The Morgan fingerprint density at radius 1 is 1.36 bits per heavy atom. The first-order chi connectivity index (χ1) is 6.76. The first-order valence-corrected chi connectivity index (χ1v) is 4.72. The molecule has 2 N–H and O–H groups in total. The van der Waals surface area contributed by atoms with Crippen LogP contribution < -0.4 is 0 Å². The van der Waals surface area contributed by atoms with Crippen LogP contribution in [0.1, 0.15) is 28.4 Å². The van der Waals surface area contributed by atoms with Gasteiger partial charge in [-0.15, -0.1) is 0 Å². The Bertz CT molecular complexity index is 343. The Balaban J connectivity index is 2.45.